The molecular formula is C21H40N8O6S. The van der Waals surface area contributed by atoms with Gasteiger partial charge in [0.1, 0.15) is 18.1 Å². The van der Waals surface area contributed by atoms with Gasteiger partial charge in [-0.2, -0.15) is 11.8 Å². The molecule has 4 amide bonds. The molecule has 4 atom stereocenters. The highest BCUT2D eigenvalue weighted by atomic mass is 32.2. The van der Waals surface area contributed by atoms with Crippen LogP contribution in [0.25, 0.3) is 0 Å². The fourth-order valence-electron chi connectivity index (χ4n) is 3.02. The number of carboxylic acids is 1. The zero-order valence-electron chi connectivity index (χ0n) is 21.0. The summed E-state index contributed by atoms with van der Waals surface area (Å²) in [5.74, 6) is -3.80. The van der Waals surface area contributed by atoms with Crippen molar-refractivity contribution in [2.24, 2.45) is 33.8 Å². The molecule has 36 heavy (non-hydrogen) atoms. The number of rotatable bonds is 18. The minimum Gasteiger partial charge on any atom is -0.480 e. The number of aliphatic carboxylic acids is 1. The molecule has 15 heteroatoms. The summed E-state index contributed by atoms with van der Waals surface area (Å²) in [5.41, 5.74) is 21.5. The summed E-state index contributed by atoms with van der Waals surface area (Å²) in [6.45, 7) is 3.47. The van der Waals surface area contributed by atoms with Gasteiger partial charge < -0.3 is 44.0 Å². The van der Waals surface area contributed by atoms with Gasteiger partial charge in [-0.25, -0.2) is 4.79 Å². The monoisotopic (exact) mass is 532 g/mol. The van der Waals surface area contributed by atoms with Crippen molar-refractivity contribution < 1.29 is 29.1 Å². The van der Waals surface area contributed by atoms with Crippen LogP contribution in [-0.2, 0) is 24.0 Å². The van der Waals surface area contributed by atoms with E-state index in [4.69, 9.17) is 22.9 Å². The summed E-state index contributed by atoms with van der Waals surface area (Å²) >= 11 is 1.45. The van der Waals surface area contributed by atoms with Crippen LogP contribution in [0.2, 0.25) is 0 Å². The molecule has 0 rings (SSSR count). The van der Waals surface area contributed by atoms with E-state index in [9.17, 15) is 29.1 Å². The Morgan fingerprint density at radius 2 is 1.44 bits per heavy atom. The van der Waals surface area contributed by atoms with Crippen molar-refractivity contribution in [3.63, 3.8) is 0 Å². The van der Waals surface area contributed by atoms with Gasteiger partial charge >= 0.3 is 5.97 Å². The average molecular weight is 533 g/mol. The normalized spacial score (nSPS) is 14.1. The van der Waals surface area contributed by atoms with E-state index in [1.807, 2.05) is 6.26 Å². The maximum Gasteiger partial charge on any atom is 0.326 e. The Morgan fingerprint density at radius 1 is 0.889 bits per heavy atom. The lowest BCUT2D eigenvalue weighted by Crippen LogP contribution is -2.57. The number of primary amides is 1. The standard InChI is InChI=1S/C21H40N8O6S/c1-11(2)16(20(34)35)29-19(33)13(5-4-9-26-21(24)25)28-18(32)14(8-10-36-3)27-17(31)12(22)6-7-15(23)30/h11-14,16H,4-10,22H2,1-3H3,(H2,23,30)(H,27,31)(H,28,32)(H,29,33)(H,34,35)(H4,24,25,26). The molecule has 0 fully saturated rings. The zero-order chi connectivity index (χ0) is 27.8. The van der Waals surface area contributed by atoms with Crippen molar-refractivity contribution in [2.75, 3.05) is 18.6 Å². The van der Waals surface area contributed by atoms with Gasteiger partial charge in [0.25, 0.3) is 0 Å². The lowest BCUT2D eigenvalue weighted by Gasteiger charge is -2.26. The van der Waals surface area contributed by atoms with Gasteiger partial charge in [-0.05, 0) is 43.6 Å². The van der Waals surface area contributed by atoms with Gasteiger partial charge in [-0.3, -0.25) is 24.2 Å². The second kappa shape index (κ2) is 17.4. The summed E-state index contributed by atoms with van der Waals surface area (Å²) in [5, 5.41) is 17.0. The molecule has 0 aliphatic rings. The third kappa shape index (κ3) is 13.7. The SMILES string of the molecule is CSCCC(NC(=O)C(N)CCC(N)=O)C(=O)NC(CCCN=C(N)N)C(=O)NC(C(=O)O)C(C)C. The molecule has 206 valence electrons. The van der Waals surface area contributed by atoms with E-state index in [0.717, 1.165) is 0 Å². The number of thioether (sulfide) groups is 1. The summed E-state index contributed by atoms with van der Waals surface area (Å²) in [7, 11) is 0. The number of nitrogens with one attached hydrogen (secondary N) is 3. The van der Waals surface area contributed by atoms with E-state index in [0.29, 0.717) is 12.2 Å². The first kappa shape index (κ1) is 32.9. The largest absolute Gasteiger partial charge is 0.480 e. The molecule has 0 saturated carbocycles. The number of nitrogens with two attached hydrogens (primary N) is 4. The zero-order valence-corrected chi connectivity index (χ0v) is 21.8. The molecule has 0 bridgehead atoms. The van der Waals surface area contributed by atoms with Crippen LogP contribution in [0.5, 0.6) is 0 Å². The molecule has 0 spiro atoms. The Kier molecular flexibility index (Phi) is 15.9. The second-order valence-electron chi connectivity index (χ2n) is 8.53. The molecule has 0 radical (unpaired) electrons. The minimum absolute atomic E-state index is 0.0135. The predicted octanol–water partition coefficient (Wildman–Crippen LogP) is -2.42. The van der Waals surface area contributed by atoms with Crippen molar-refractivity contribution in [3.05, 3.63) is 0 Å². The van der Waals surface area contributed by atoms with Gasteiger partial charge in [-0.15, -0.1) is 0 Å². The van der Waals surface area contributed by atoms with Crippen LogP contribution in [0.3, 0.4) is 0 Å². The Morgan fingerprint density at radius 3 is 1.94 bits per heavy atom. The van der Waals surface area contributed by atoms with E-state index in [2.05, 4.69) is 20.9 Å². The van der Waals surface area contributed by atoms with Crippen molar-refractivity contribution >= 4 is 47.3 Å². The van der Waals surface area contributed by atoms with Gasteiger partial charge in [0.15, 0.2) is 5.96 Å². The summed E-state index contributed by atoms with van der Waals surface area (Å²) in [6, 6.07) is -4.34. The molecule has 0 aromatic carbocycles. The highest BCUT2D eigenvalue weighted by molar-refractivity contribution is 7.98. The number of carbonyl (C=O) groups excluding carboxylic acids is 4. The maximum atomic E-state index is 13.1. The summed E-state index contributed by atoms with van der Waals surface area (Å²) < 4.78 is 0. The first-order chi connectivity index (χ1) is 16.8. The van der Waals surface area contributed by atoms with Gasteiger partial charge in [0, 0.05) is 13.0 Å². The fourth-order valence-corrected chi connectivity index (χ4v) is 3.50. The highest BCUT2D eigenvalue weighted by Gasteiger charge is 2.31. The summed E-state index contributed by atoms with van der Waals surface area (Å²) in [6.07, 6.45) is 2.42. The van der Waals surface area contributed by atoms with Crippen LogP contribution in [0.4, 0.5) is 0 Å². The quantitative estimate of drug-likeness (QED) is 0.0526. The van der Waals surface area contributed by atoms with Crippen LogP contribution in [0.15, 0.2) is 4.99 Å². The number of guanidine groups is 1. The number of carbonyl (C=O) groups is 5. The fraction of sp³-hybridized carbons (Fsp3) is 0.714. The topological polar surface area (TPSA) is 258 Å². The smallest absolute Gasteiger partial charge is 0.326 e. The maximum absolute atomic E-state index is 13.1. The third-order valence-corrected chi connectivity index (χ3v) is 5.73. The van der Waals surface area contributed by atoms with Crippen molar-refractivity contribution in [3.8, 4) is 0 Å². The average Bonchev–Trinajstić information content (AvgIpc) is 2.79. The number of carboxylic acid groups (broad SMARTS) is 1. The Labute approximate surface area is 215 Å². The number of amides is 4. The molecule has 0 saturated heterocycles. The third-order valence-electron chi connectivity index (χ3n) is 5.09. The molecule has 0 aliphatic carbocycles. The van der Waals surface area contributed by atoms with E-state index >= 15 is 0 Å². The number of nitrogens with zero attached hydrogens (tertiary/aromatic N) is 1. The predicted molar refractivity (Wildman–Crippen MR) is 138 cm³/mol. The summed E-state index contributed by atoms with van der Waals surface area (Å²) in [4.78, 5) is 64.8. The van der Waals surface area contributed by atoms with Crippen LogP contribution < -0.4 is 38.9 Å². The first-order valence-electron chi connectivity index (χ1n) is 11.5. The lowest BCUT2D eigenvalue weighted by molar-refractivity contribution is -0.143. The number of hydrogen-bond donors (Lipinski definition) is 8. The molecule has 0 heterocycles. The van der Waals surface area contributed by atoms with Crippen molar-refractivity contribution in [1.82, 2.24) is 16.0 Å². The second-order valence-corrected chi connectivity index (χ2v) is 9.52. The van der Waals surface area contributed by atoms with Crippen LogP contribution in [-0.4, -0.2) is 83.4 Å². The lowest BCUT2D eigenvalue weighted by atomic mass is 10.0. The Hall–Kier alpha value is -3.07. The number of aliphatic imine (C=N–C) groups is 1. The molecule has 12 N–H and O–H groups in total. The van der Waals surface area contributed by atoms with Gasteiger partial charge in [0.2, 0.25) is 23.6 Å². The molecule has 4 unspecified atom stereocenters. The van der Waals surface area contributed by atoms with Crippen molar-refractivity contribution in [2.45, 2.75) is 70.1 Å². The van der Waals surface area contributed by atoms with Crippen LogP contribution in [0, 0.1) is 5.92 Å². The van der Waals surface area contributed by atoms with Crippen LogP contribution in [0.1, 0.15) is 46.0 Å². The van der Waals surface area contributed by atoms with E-state index < -0.39 is 59.7 Å². The Balaban J connectivity index is 5.56. The van der Waals surface area contributed by atoms with Gasteiger partial charge in [0.05, 0.1) is 6.04 Å². The molecule has 0 aromatic heterocycles. The highest BCUT2D eigenvalue weighted by Crippen LogP contribution is 2.08. The van der Waals surface area contributed by atoms with Gasteiger partial charge in [-0.1, -0.05) is 13.8 Å². The minimum atomic E-state index is -1.21. The molecule has 14 nitrogen and oxygen atoms in total. The molecule has 0 aliphatic heterocycles. The van der Waals surface area contributed by atoms with Crippen LogP contribution >= 0.6 is 11.8 Å². The first-order valence-corrected chi connectivity index (χ1v) is 12.9. The van der Waals surface area contributed by atoms with E-state index in [1.54, 1.807) is 13.8 Å². The van der Waals surface area contributed by atoms with E-state index in [1.165, 1.54) is 11.8 Å². The van der Waals surface area contributed by atoms with E-state index in [-0.39, 0.29) is 38.2 Å². The number of hydrogen-bond acceptors (Lipinski definition) is 8. The molecule has 0 aromatic rings. The molecular weight excluding hydrogens is 492 g/mol. The Bertz CT molecular complexity index is 790. The van der Waals surface area contributed by atoms with Crippen molar-refractivity contribution in [1.29, 1.82) is 0 Å².